The molecule has 0 bridgehead atoms. The Bertz CT molecular complexity index is 550. The number of benzene rings is 2. The number of halogens is 1. The zero-order valence-corrected chi connectivity index (χ0v) is 11.1. The van der Waals surface area contributed by atoms with Crippen molar-refractivity contribution in [2.45, 2.75) is 12.5 Å². The Hall–Kier alpha value is -1.51. The van der Waals surface area contributed by atoms with Gasteiger partial charge < -0.3 is 9.84 Å². The van der Waals surface area contributed by atoms with Crippen LogP contribution in [-0.4, -0.2) is 12.2 Å². The number of hydrogen-bond acceptors (Lipinski definition) is 2. The number of methoxy groups -OCH3 is 1. The van der Waals surface area contributed by atoms with Gasteiger partial charge in [-0.1, -0.05) is 35.9 Å². The monoisotopic (exact) mass is 262 g/mol. The molecule has 0 aliphatic heterocycles. The van der Waals surface area contributed by atoms with E-state index in [0.29, 0.717) is 5.02 Å². The Morgan fingerprint density at radius 2 is 1.67 bits per heavy atom. The third-order valence-corrected chi connectivity index (χ3v) is 3.25. The van der Waals surface area contributed by atoms with Crippen molar-refractivity contribution in [2.24, 2.45) is 0 Å². The molecule has 0 saturated heterocycles. The summed E-state index contributed by atoms with van der Waals surface area (Å²) < 4.78 is 5.17. The third kappa shape index (κ3) is 2.50. The zero-order chi connectivity index (χ0) is 13.2. The summed E-state index contributed by atoms with van der Waals surface area (Å²) in [6, 6.07) is 14.6. The first-order chi connectivity index (χ1) is 8.54. The van der Waals surface area contributed by atoms with Crippen LogP contribution < -0.4 is 4.74 Å². The van der Waals surface area contributed by atoms with E-state index in [9.17, 15) is 5.11 Å². The lowest BCUT2D eigenvalue weighted by Gasteiger charge is -2.25. The summed E-state index contributed by atoms with van der Waals surface area (Å²) in [7, 11) is 1.60. The molecule has 0 heterocycles. The van der Waals surface area contributed by atoms with Crippen LogP contribution >= 0.6 is 11.6 Å². The minimum Gasteiger partial charge on any atom is -0.497 e. The van der Waals surface area contributed by atoms with E-state index in [-0.39, 0.29) is 0 Å². The molecular weight excluding hydrogens is 248 g/mol. The molecule has 0 aliphatic rings. The maximum absolute atomic E-state index is 10.7. The van der Waals surface area contributed by atoms with Crippen LogP contribution in [0.15, 0.2) is 48.5 Å². The lowest BCUT2D eigenvalue weighted by atomic mass is 9.88. The Labute approximate surface area is 112 Å². The fraction of sp³-hybridized carbons (Fsp3) is 0.200. The van der Waals surface area contributed by atoms with Crippen LogP contribution in [0, 0.1) is 0 Å². The summed E-state index contributed by atoms with van der Waals surface area (Å²) >= 11 is 5.96. The SMILES string of the molecule is COc1cccc(C(C)(O)c2cccc(Cl)c2)c1. The van der Waals surface area contributed by atoms with E-state index < -0.39 is 5.60 Å². The van der Waals surface area contributed by atoms with E-state index in [1.165, 1.54) is 0 Å². The maximum Gasteiger partial charge on any atom is 0.119 e. The number of hydrogen-bond donors (Lipinski definition) is 1. The average molecular weight is 263 g/mol. The predicted octanol–water partition coefficient (Wildman–Crippen LogP) is 3.60. The summed E-state index contributed by atoms with van der Waals surface area (Å²) in [5.74, 6) is 0.717. The summed E-state index contributed by atoms with van der Waals surface area (Å²) in [6.07, 6.45) is 0. The fourth-order valence-corrected chi connectivity index (χ4v) is 2.07. The van der Waals surface area contributed by atoms with E-state index in [0.717, 1.165) is 16.9 Å². The Balaban J connectivity index is 2.46. The van der Waals surface area contributed by atoms with Gasteiger partial charge in [0.25, 0.3) is 0 Å². The van der Waals surface area contributed by atoms with Gasteiger partial charge in [0.15, 0.2) is 0 Å². The second-order valence-electron chi connectivity index (χ2n) is 4.31. The smallest absolute Gasteiger partial charge is 0.119 e. The molecule has 0 aliphatic carbocycles. The largest absolute Gasteiger partial charge is 0.497 e. The molecule has 2 nitrogen and oxygen atoms in total. The molecule has 0 saturated carbocycles. The van der Waals surface area contributed by atoms with Crippen LogP contribution in [0.1, 0.15) is 18.1 Å². The highest BCUT2D eigenvalue weighted by Gasteiger charge is 2.26. The van der Waals surface area contributed by atoms with Crippen molar-refractivity contribution in [2.75, 3.05) is 7.11 Å². The van der Waals surface area contributed by atoms with Gasteiger partial charge in [-0.15, -0.1) is 0 Å². The van der Waals surface area contributed by atoms with Crippen LogP contribution in [0.25, 0.3) is 0 Å². The normalized spacial score (nSPS) is 14.0. The Kier molecular flexibility index (Phi) is 3.60. The first-order valence-electron chi connectivity index (χ1n) is 5.67. The van der Waals surface area contributed by atoms with Gasteiger partial charge in [0.2, 0.25) is 0 Å². The molecule has 1 unspecified atom stereocenters. The minimum atomic E-state index is -1.10. The summed E-state index contributed by atoms with van der Waals surface area (Å²) in [4.78, 5) is 0. The second-order valence-corrected chi connectivity index (χ2v) is 4.75. The molecule has 1 N–H and O–H groups in total. The van der Waals surface area contributed by atoms with Gasteiger partial charge in [-0.2, -0.15) is 0 Å². The van der Waals surface area contributed by atoms with Crippen molar-refractivity contribution in [1.82, 2.24) is 0 Å². The van der Waals surface area contributed by atoms with Gasteiger partial charge in [-0.05, 0) is 42.3 Å². The maximum atomic E-state index is 10.7. The molecule has 0 amide bonds. The molecular formula is C15H15ClO2. The van der Waals surface area contributed by atoms with E-state index in [4.69, 9.17) is 16.3 Å². The van der Waals surface area contributed by atoms with E-state index >= 15 is 0 Å². The van der Waals surface area contributed by atoms with Gasteiger partial charge >= 0.3 is 0 Å². The van der Waals surface area contributed by atoms with E-state index in [1.54, 1.807) is 26.2 Å². The summed E-state index contributed by atoms with van der Waals surface area (Å²) in [5, 5.41) is 11.3. The van der Waals surface area contributed by atoms with Crippen molar-refractivity contribution in [3.05, 3.63) is 64.7 Å². The van der Waals surface area contributed by atoms with Crippen LogP contribution in [0.4, 0.5) is 0 Å². The second kappa shape index (κ2) is 5.01. The van der Waals surface area contributed by atoms with Gasteiger partial charge in [-0.25, -0.2) is 0 Å². The summed E-state index contributed by atoms with van der Waals surface area (Å²) in [6.45, 7) is 1.74. The van der Waals surface area contributed by atoms with Gasteiger partial charge in [-0.3, -0.25) is 0 Å². The number of aliphatic hydroxyl groups is 1. The van der Waals surface area contributed by atoms with E-state index in [1.807, 2.05) is 36.4 Å². The van der Waals surface area contributed by atoms with Gasteiger partial charge in [0, 0.05) is 5.02 Å². The van der Waals surface area contributed by atoms with E-state index in [2.05, 4.69) is 0 Å². The molecule has 0 radical (unpaired) electrons. The number of rotatable bonds is 3. The molecule has 1 atom stereocenters. The highest BCUT2D eigenvalue weighted by molar-refractivity contribution is 6.30. The van der Waals surface area contributed by atoms with Crippen molar-refractivity contribution in [1.29, 1.82) is 0 Å². The molecule has 2 rings (SSSR count). The standard InChI is InChI=1S/C15H15ClO2/c1-15(17,11-5-3-7-13(16)9-11)12-6-4-8-14(10-12)18-2/h3-10,17H,1-2H3. The number of ether oxygens (including phenoxy) is 1. The first-order valence-corrected chi connectivity index (χ1v) is 6.05. The summed E-state index contributed by atoms with van der Waals surface area (Å²) in [5.41, 5.74) is 0.423. The van der Waals surface area contributed by atoms with Crippen molar-refractivity contribution >= 4 is 11.6 Å². The van der Waals surface area contributed by atoms with Crippen molar-refractivity contribution < 1.29 is 9.84 Å². The molecule has 0 fully saturated rings. The zero-order valence-electron chi connectivity index (χ0n) is 10.4. The van der Waals surface area contributed by atoms with Gasteiger partial charge in [0.1, 0.15) is 11.4 Å². The topological polar surface area (TPSA) is 29.5 Å². The van der Waals surface area contributed by atoms with Crippen molar-refractivity contribution in [3.63, 3.8) is 0 Å². The third-order valence-electron chi connectivity index (χ3n) is 3.02. The highest BCUT2D eigenvalue weighted by atomic mass is 35.5. The van der Waals surface area contributed by atoms with Gasteiger partial charge in [0.05, 0.1) is 7.11 Å². The molecule has 2 aromatic rings. The fourth-order valence-electron chi connectivity index (χ4n) is 1.88. The van der Waals surface area contributed by atoms with Crippen LogP contribution in [0.3, 0.4) is 0 Å². The lowest BCUT2D eigenvalue weighted by molar-refractivity contribution is 0.102. The Morgan fingerprint density at radius 1 is 1.06 bits per heavy atom. The highest BCUT2D eigenvalue weighted by Crippen LogP contribution is 2.32. The van der Waals surface area contributed by atoms with Crippen LogP contribution in [0.2, 0.25) is 5.02 Å². The first kappa shape index (κ1) is 12.9. The molecule has 3 heteroatoms. The minimum absolute atomic E-state index is 0.607. The molecule has 94 valence electrons. The Morgan fingerprint density at radius 3 is 2.28 bits per heavy atom. The van der Waals surface area contributed by atoms with Crippen LogP contribution in [-0.2, 0) is 5.60 Å². The quantitative estimate of drug-likeness (QED) is 0.916. The van der Waals surface area contributed by atoms with Crippen molar-refractivity contribution in [3.8, 4) is 5.75 Å². The van der Waals surface area contributed by atoms with Crippen LogP contribution in [0.5, 0.6) is 5.75 Å². The lowest BCUT2D eigenvalue weighted by Crippen LogP contribution is -2.22. The molecule has 0 spiro atoms. The predicted molar refractivity (Wildman–Crippen MR) is 73.1 cm³/mol. The molecule has 18 heavy (non-hydrogen) atoms. The average Bonchev–Trinajstić information content (AvgIpc) is 2.39. The molecule has 2 aromatic carbocycles. The molecule has 0 aromatic heterocycles.